The molecule has 0 aliphatic carbocycles. The molecule has 0 amide bonds. The van der Waals surface area contributed by atoms with E-state index in [-0.39, 0.29) is 51.2 Å². The fourth-order valence-corrected chi connectivity index (χ4v) is 3.11. The molecule has 14 heteroatoms. The summed E-state index contributed by atoms with van der Waals surface area (Å²) >= 11 is 43.3. The van der Waals surface area contributed by atoms with Crippen molar-refractivity contribution >= 4 is 127 Å². The van der Waals surface area contributed by atoms with Crippen molar-refractivity contribution < 1.29 is 29.6 Å². The summed E-state index contributed by atoms with van der Waals surface area (Å²) in [6.07, 6.45) is 7.07. The van der Waals surface area contributed by atoms with E-state index in [9.17, 15) is 0 Å². The number of hydrogen-bond donors (Lipinski definition) is 0. The van der Waals surface area contributed by atoms with Crippen molar-refractivity contribution in [2.45, 2.75) is 31.5 Å². The van der Waals surface area contributed by atoms with E-state index in [2.05, 4.69) is 45.5 Å². The summed E-state index contributed by atoms with van der Waals surface area (Å²) in [5.41, 5.74) is 3.09. The zero-order valence-electron chi connectivity index (χ0n) is 18.1. The van der Waals surface area contributed by atoms with Crippen molar-refractivity contribution in [1.82, 2.24) is 9.97 Å². The molecule has 2 heterocycles. The van der Waals surface area contributed by atoms with Crippen LogP contribution in [-0.2, 0) is 20.2 Å². The molecule has 2 atom stereocenters. The molecule has 2 rings (SSSR count). The summed E-state index contributed by atoms with van der Waals surface area (Å²) in [6, 6.07) is 7.27. The van der Waals surface area contributed by atoms with Gasteiger partial charge in [-0.1, -0.05) is 97.7 Å². The van der Waals surface area contributed by atoms with Crippen LogP contribution >= 0.6 is 97.3 Å². The van der Waals surface area contributed by atoms with E-state index >= 15 is 0 Å². The Morgan fingerprint density at radius 1 is 0.812 bits per heavy atom. The molecular formula is C18H20B2BrCl6N2NaS2. The fraction of sp³-hybridized carbons (Fsp3) is 0.444. The number of thioether (sulfide) groups is 1. The molecule has 2 aromatic rings. The van der Waals surface area contributed by atoms with Gasteiger partial charge in [-0.05, 0) is 43.4 Å². The van der Waals surface area contributed by atoms with Gasteiger partial charge in [0.1, 0.15) is 0 Å². The first kappa shape index (κ1) is 41.5. The van der Waals surface area contributed by atoms with Gasteiger partial charge in [-0.2, -0.15) is 18.0 Å². The molecule has 0 bridgehead atoms. The van der Waals surface area contributed by atoms with E-state index in [4.69, 9.17) is 69.6 Å². The van der Waals surface area contributed by atoms with E-state index in [1.807, 2.05) is 25.3 Å². The van der Waals surface area contributed by atoms with E-state index < -0.39 is 7.59 Å². The normalized spacial score (nSPS) is 12.1. The fourth-order valence-electron chi connectivity index (χ4n) is 1.76. The van der Waals surface area contributed by atoms with Crippen LogP contribution in [-0.4, -0.2) is 39.3 Å². The zero-order chi connectivity index (χ0) is 22.8. The Morgan fingerprint density at radius 2 is 1.16 bits per heavy atom. The van der Waals surface area contributed by atoms with Crippen LogP contribution in [0, 0.1) is 0 Å². The number of alkyl halides is 7. The number of rotatable bonds is 3. The predicted octanol–water partition coefficient (Wildman–Crippen LogP) is 5.10. The molecule has 32 heavy (non-hydrogen) atoms. The third-order valence-corrected chi connectivity index (χ3v) is 6.11. The third-order valence-electron chi connectivity index (χ3n) is 3.44. The van der Waals surface area contributed by atoms with Gasteiger partial charge in [-0.25, -0.2) is 0 Å². The molecule has 0 N–H and O–H groups in total. The van der Waals surface area contributed by atoms with Crippen molar-refractivity contribution in [3.63, 3.8) is 0 Å². The molecule has 6 radical (unpaired) electrons. The molecule has 0 saturated heterocycles. The number of halogens is 7. The Hall–Kier alpha value is 2.35. The minimum Gasteiger partial charge on any atom is -0.796 e. The molecule has 2 nitrogen and oxygen atoms in total. The van der Waals surface area contributed by atoms with Gasteiger partial charge in [0, 0.05) is 39.3 Å². The van der Waals surface area contributed by atoms with Gasteiger partial charge in [-0.3, -0.25) is 9.97 Å². The average Bonchev–Trinajstić information content (AvgIpc) is 2.68. The summed E-state index contributed by atoms with van der Waals surface area (Å²) in [6.45, 7) is 4.11. The first-order chi connectivity index (χ1) is 13.4. The number of hydrogen-bond acceptors (Lipinski definition) is 4. The largest absolute Gasteiger partial charge is 1.00 e. The SMILES string of the molecule is CC(Br)c1ccc(C(Cl)(Cl)Cl)nc1.CSC(C)c1ccc(C(Cl)(Cl)Cl)nc1.C[S-].[B].[B].[Na+]. The second-order valence-corrected chi connectivity index (χ2v) is 12.6. The molecular weight excluding hydrogens is 646 g/mol. The van der Waals surface area contributed by atoms with E-state index in [0.29, 0.717) is 16.6 Å². The molecule has 0 aliphatic rings. The van der Waals surface area contributed by atoms with Crippen LogP contribution in [0.25, 0.3) is 0 Å². The number of pyridine rings is 2. The standard InChI is InChI=1S/C9H10Cl3NS.C8H7BrCl3N.CH4S.2B.Na/c1-6(14-2)7-3-4-8(13-5-7)9(10,11)12;1-5(9)6-2-3-7(13-4-6)8(10,11)12;1-2;;;/h3-6H,1-2H3;2-5H,1H3;2H,1H3;;;/q;;;;;+1/p-1. The molecule has 0 spiro atoms. The van der Waals surface area contributed by atoms with Crippen molar-refractivity contribution in [2.24, 2.45) is 0 Å². The van der Waals surface area contributed by atoms with Gasteiger partial charge < -0.3 is 12.6 Å². The first-order valence-electron chi connectivity index (χ1n) is 8.00. The summed E-state index contributed by atoms with van der Waals surface area (Å²) in [7, 11) is 0. The molecule has 0 aliphatic heterocycles. The minimum absolute atomic E-state index is 0. The predicted molar refractivity (Wildman–Crippen MR) is 151 cm³/mol. The topological polar surface area (TPSA) is 25.8 Å². The van der Waals surface area contributed by atoms with Crippen LogP contribution in [0.15, 0.2) is 36.7 Å². The quantitative estimate of drug-likeness (QED) is 0.259. The maximum absolute atomic E-state index is 5.69. The van der Waals surface area contributed by atoms with Gasteiger partial charge in [0.25, 0.3) is 0 Å². The van der Waals surface area contributed by atoms with Gasteiger partial charge in [0.2, 0.25) is 7.59 Å². The van der Waals surface area contributed by atoms with Gasteiger partial charge in [-0.15, -0.1) is 0 Å². The Morgan fingerprint density at radius 3 is 1.38 bits per heavy atom. The van der Waals surface area contributed by atoms with Crippen LogP contribution in [0.2, 0.25) is 0 Å². The van der Waals surface area contributed by atoms with Crippen LogP contribution in [0.3, 0.4) is 0 Å². The Kier molecular flexibility index (Phi) is 26.5. The smallest absolute Gasteiger partial charge is 0.796 e. The average molecular weight is 666 g/mol. The van der Waals surface area contributed by atoms with Crippen molar-refractivity contribution in [1.29, 1.82) is 0 Å². The molecule has 0 fully saturated rings. The van der Waals surface area contributed by atoms with E-state index in [1.54, 1.807) is 42.5 Å². The van der Waals surface area contributed by atoms with Gasteiger partial charge >= 0.3 is 29.6 Å². The molecule has 0 saturated carbocycles. The first-order valence-corrected chi connectivity index (χ1v) is 13.3. The summed E-state index contributed by atoms with van der Waals surface area (Å²) in [5, 5.41) is 0.409. The van der Waals surface area contributed by atoms with E-state index in [0.717, 1.165) is 11.1 Å². The zero-order valence-corrected chi connectivity index (χ0v) is 27.9. The Bertz CT molecular complexity index is 721. The summed E-state index contributed by atoms with van der Waals surface area (Å²) < 4.78 is -2.87. The number of nitrogens with zero attached hydrogens (tertiary/aromatic N) is 2. The van der Waals surface area contributed by atoms with Crippen LogP contribution in [0.4, 0.5) is 0 Å². The second kappa shape index (κ2) is 20.4. The Labute approximate surface area is 266 Å². The molecule has 0 aromatic carbocycles. The molecule has 170 valence electrons. The number of aromatic nitrogens is 2. The van der Waals surface area contributed by atoms with Gasteiger partial charge in [0.05, 0.1) is 11.4 Å². The Balaban J connectivity index is -0.000000209. The van der Waals surface area contributed by atoms with Crippen molar-refractivity contribution in [2.75, 3.05) is 12.5 Å². The summed E-state index contributed by atoms with van der Waals surface area (Å²) in [4.78, 5) is 8.41. The summed E-state index contributed by atoms with van der Waals surface area (Å²) in [5.74, 6) is 0. The van der Waals surface area contributed by atoms with E-state index in [1.165, 1.54) is 0 Å². The maximum atomic E-state index is 5.69. The monoisotopic (exact) mass is 662 g/mol. The third kappa shape index (κ3) is 16.2. The molecule has 2 unspecified atom stereocenters. The van der Waals surface area contributed by atoms with Crippen LogP contribution in [0.1, 0.15) is 46.4 Å². The van der Waals surface area contributed by atoms with Crippen LogP contribution in [0.5, 0.6) is 0 Å². The van der Waals surface area contributed by atoms with Crippen molar-refractivity contribution in [3.8, 4) is 0 Å². The molecule has 2 aromatic heterocycles. The van der Waals surface area contributed by atoms with Crippen molar-refractivity contribution in [3.05, 3.63) is 59.2 Å². The minimum atomic E-state index is -1.44. The second-order valence-electron chi connectivity index (χ2n) is 5.44. The maximum Gasteiger partial charge on any atom is 1.00 e. The van der Waals surface area contributed by atoms with Crippen LogP contribution < -0.4 is 29.6 Å². The van der Waals surface area contributed by atoms with Gasteiger partial charge in [0.15, 0.2) is 0 Å².